The van der Waals surface area contributed by atoms with Gasteiger partial charge in [-0.25, -0.2) is 5.48 Å². The average Bonchev–Trinajstić information content (AvgIpc) is 3.44. The summed E-state index contributed by atoms with van der Waals surface area (Å²) in [5.41, 5.74) is 6.00. The van der Waals surface area contributed by atoms with Crippen LogP contribution >= 0.6 is 0 Å². The van der Waals surface area contributed by atoms with E-state index >= 15 is 0 Å². The first-order valence-electron chi connectivity index (χ1n) is 12.1. The molecule has 6 nitrogen and oxygen atoms in total. The van der Waals surface area contributed by atoms with Crippen molar-refractivity contribution in [1.82, 2.24) is 19.9 Å². The number of para-hydroxylation sites is 1. The van der Waals surface area contributed by atoms with Gasteiger partial charge in [-0.15, -0.1) is 0 Å². The molecule has 0 radical (unpaired) electrons. The minimum absolute atomic E-state index is 0.0568. The molecule has 1 saturated carbocycles. The average molecular weight is 447 g/mol. The van der Waals surface area contributed by atoms with E-state index in [-0.39, 0.29) is 5.41 Å². The quantitative estimate of drug-likeness (QED) is 0.443. The molecular weight excluding hydrogens is 412 g/mol. The number of aromatic nitrogens is 2. The Labute approximate surface area is 195 Å². The first-order chi connectivity index (χ1) is 16.0. The lowest BCUT2D eigenvalue weighted by molar-refractivity contribution is 0.0706. The second-order valence-electron chi connectivity index (χ2n) is 10.3. The molecule has 0 spiro atoms. The molecule has 1 aromatic carbocycles. The van der Waals surface area contributed by atoms with Crippen LogP contribution in [-0.2, 0) is 12.5 Å². The molecule has 33 heavy (non-hydrogen) atoms. The number of fused-ring (bicyclic) bond motifs is 1. The molecule has 2 aliphatic rings. The van der Waals surface area contributed by atoms with Crippen LogP contribution < -0.4 is 5.48 Å². The van der Waals surface area contributed by atoms with Gasteiger partial charge in [-0.2, -0.15) is 0 Å². The maximum absolute atomic E-state index is 11.6. The predicted octanol–water partition coefficient (Wildman–Crippen LogP) is 4.63. The first kappa shape index (κ1) is 22.1. The summed E-state index contributed by atoms with van der Waals surface area (Å²) in [5, 5.41) is 10.2. The van der Waals surface area contributed by atoms with Crippen molar-refractivity contribution in [1.29, 1.82) is 0 Å². The van der Waals surface area contributed by atoms with Gasteiger partial charge in [-0.05, 0) is 74.2 Å². The highest BCUT2D eigenvalue weighted by molar-refractivity contribution is 5.92. The van der Waals surface area contributed by atoms with Gasteiger partial charge in [0.15, 0.2) is 0 Å². The minimum Gasteiger partial charge on any atom is -0.350 e. The van der Waals surface area contributed by atoms with E-state index < -0.39 is 5.91 Å². The third-order valence-electron chi connectivity index (χ3n) is 8.11. The van der Waals surface area contributed by atoms with Crippen molar-refractivity contribution in [3.05, 3.63) is 65.6 Å². The fraction of sp³-hybridized carbons (Fsp3) is 0.481. The lowest BCUT2D eigenvalue weighted by atomic mass is 9.69. The van der Waals surface area contributed by atoms with Gasteiger partial charge in [0.1, 0.15) is 0 Å². The summed E-state index contributed by atoms with van der Waals surface area (Å²) in [4.78, 5) is 18.8. The zero-order chi connectivity index (χ0) is 23.0. The zero-order valence-corrected chi connectivity index (χ0v) is 19.6. The van der Waals surface area contributed by atoms with E-state index in [0.717, 1.165) is 31.0 Å². The molecule has 0 bridgehead atoms. The number of hydrogen-bond acceptors (Lipinski definition) is 4. The summed E-state index contributed by atoms with van der Waals surface area (Å²) in [6.45, 7) is 5.85. The van der Waals surface area contributed by atoms with Crippen LogP contribution in [0.1, 0.15) is 66.6 Å². The highest BCUT2D eigenvalue weighted by Gasteiger charge is 2.35. The molecule has 3 heterocycles. The largest absolute Gasteiger partial charge is 0.350 e. The molecule has 2 N–H and O–H groups in total. The summed E-state index contributed by atoms with van der Waals surface area (Å²) in [5.74, 6) is 0.850. The molecule has 3 aromatic rings. The number of aryl methyl sites for hydroxylation is 1. The van der Waals surface area contributed by atoms with Gasteiger partial charge in [-0.3, -0.25) is 15.0 Å². The molecule has 5 rings (SSSR count). The molecule has 1 aliphatic heterocycles. The van der Waals surface area contributed by atoms with Crippen molar-refractivity contribution >= 4 is 16.8 Å². The third kappa shape index (κ3) is 4.30. The summed E-state index contributed by atoms with van der Waals surface area (Å²) >= 11 is 0. The van der Waals surface area contributed by atoms with Crippen LogP contribution in [0, 0.1) is 5.92 Å². The monoisotopic (exact) mass is 446 g/mol. The Morgan fingerprint density at radius 3 is 2.70 bits per heavy atom. The number of hydrogen-bond donors (Lipinski definition) is 2. The lowest BCUT2D eigenvalue weighted by Crippen LogP contribution is -2.35. The Morgan fingerprint density at radius 1 is 1.18 bits per heavy atom. The van der Waals surface area contributed by atoms with Crippen LogP contribution in [0.15, 0.2) is 48.8 Å². The second-order valence-corrected chi connectivity index (χ2v) is 10.3. The maximum Gasteiger partial charge on any atom is 0.276 e. The fourth-order valence-electron chi connectivity index (χ4n) is 6.02. The molecule has 1 amide bonds. The topological polar surface area (TPSA) is 70.4 Å². The summed E-state index contributed by atoms with van der Waals surface area (Å²) in [7, 11) is 2.15. The Morgan fingerprint density at radius 2 is 1.97 bits per heavy atom. The van der Waals surface area contributed by atoms with Gasteiger partial charge in [-0.1, -0.05) is 25.1 Å². The SMILES string of the molecule is Cn1cc(C2CCN(CC3CCC(C)(c4ccc(C(=O)NO)cn4)CC3)C2)c2ccccc21. The number of nitrogens with zero attached hydrogens (tertiary/aromatic N) is 3. The number of hydroxylamine groups is 1. The highest BCUT2D eigenvalue weighted by Crippen LogP contribution is 2.41. The highest BCUT2D eigenvalue weighted by atomic mass is 16.5. The number of likely N-dealkylation sites (tertiary alicyclic amines) is 1. The Kier molecular flexibility index (Phi) is 5.97. The first-order valence-corrected chi connectivity index (χ1v) is 12.1. The third-order valence-corrected chi connectivity index (χ3v) is 8.11. The number of carbonyl (C=O) groups excluding carboxylic acids is 1. The molecule has 1 saturated heterocycles. The van der Waals surface area contributed by atoms with Gasteiger partial charge < -0.3 is 9.47 Å². The van der Waals surface area contributed by atoms with Crippen LogP contribution in [-0.4, -0.2) is 45.2 Å². The van der Waals surface area contributed by atoms with Crippen molar-refractivity contribution in [3.8, 4) is 0 Å². The number of benzene rings is 1. The molecule has 1 atom stereocenters. The van der Waals surface area contributed by atoms with E-state index in [2.05, 4.69) is 58.9 Å². The number of nitrogens with one attached hydrogen (secondary N) is 1. The maximum atomic E-state index is 11.6. The van der Waals surface area contributed by atoms with E-state index in [1.54, 1.807) is 17.7 Å². The molecule has 2 fully saturated rings. The number of amides is 1. The summed E-state index contributed by atoms with van der Waals surface area (Å²) < 4.78 is 2.27. The number of carbonyl (C=O) groups is 1. The van der Waals surface area contributed by atoms with E-state index in [4.69, 9.17) is 5.21 Å². The van der Waals surface area contributed by atoms with Crippen LogP contribution in [0.4, 0.5) is 0 Å². The predicted molar refractivity (Wildman–Crippen MR) is 130 cm³/mol. The smallest absolute Gasteiger partial charge is 0.276 e. The second kappa shape index (κ2) is 8.92. The molecule has 174 valence electrons. The van der Waals surface area contributed by atoms with E-state index in [9.17, 15) is 4.79 Å². The van der Waals surface area contributed by atoms with Crippen molar-refractivity contribution in [2.75, 3.05) is 19.6 Å². The Balaban J connectivity index is 1.17. The van der Waals surface area contributed by atoms with Crippen LogP contribution in [0.2, 0.25) is 0 Å². The van der Waals surface area contributed by atoms with Gasteiger partial charge in [0, 0.05) is 54.5 Å². The van der Waals surface area contributed by atoms with Crippen LogP contribution in [0.3, 0.4) is 0 Å². The van der Waals surface area contributed by atoms with Gasteiger partial charge >= 0.3 is 0 Å². The van der Waals surface area contributed by atoms with Crippen LogP contribution in [0.5, 0.6) is 0 Å². The standard InChI is InChI=1S/C27H34N4O2/c1-27(25-8-7-20(15-28-25)26(32)29-33)12-9-19(10-13-27)16-31-14-11-21(17-31)23-18-30(2)24-6-4-3-5-22(23)24/h3-8,15,18-19,21,33H,9-14,16-17H2,1-2H3,(H,29,32). The van der Waals surface area contributed by atoms with Crippen molar-refractivity contribution in [2.24, 2.45) is 13.0 Å². The minimum atomic E-state index is -0.518. The molecule has 1 unspecified atom stereocenters. The van der Waals surface area contributed by atoms with Gasteiger partial charge in [0.25, 0.3) is 5.91 Å². The summed E-state index contributed by atoms with van der Waals surface area (Å²) in [6.07, 6.45) is 9.83. The Hall–Kier alpha value is -2.70. The molecule has 6 heteroatoms. The summed E-state index contributed by atoms with van der Waals surface area (Å²) in [6, 6.07) is 12.5. The van der Waals surface area contributed by atoms with E-state index in [1.165, 1.54) is 48.8 Å². The molecule has 2 aromatic heterocycles. The van der Waals surface area contributed by atoms with Gasteiger partial charge in [0.2, 0.25) is 0 Å². The van der Waals surface area contributed by atoms with E-state index in [1.807, 2.05) is 6.07 Å². The van der Waals surface area contributed by atoms with E-state index in [0.29, 0.717) is 11.5 Å². The van der Waals surface area contributed by atoms with Crippen molar-refractivity contribution in [2.45, 2.75) is 50.4 Å². The Bertz CT molecular complexity index is 1130. The van der Waals surface area contributed by atoms with Crippen molar-refractivity contribution < 1.29 is 10.0 Å². The van der Waals surface area contributed by atoms with Crippen molar-refractivity contribution in [3.63, 3.8) is 0 Å². The van der Waals surface area contributed by atoms with Crippen LogP contribution in [0.25, 0.3) is 10.9 Å². The number of pyridine rings is 1. The molecular formula is C27H34N4O2. The fourth-order valence-corrected chi connectivity index (χ4v) is 6.02. The normalized spacial score (nSPS) is 26.0. The zero-order valence-electron chi connectivity index (χ0n) is 19.6. The lowest BCUT2D eigenvalue weighted by Gasteiger charge is -2.38. The van der Waals surface area contributed by atoms with Gasteiger partial charge in [0.05, 0.1) is 5.56 Å². The molecule has 1 aliphatic carbocycles. The number of rotatable bonds is 5.